The number of rotatable bonds is 11. The van der Waals surface area contributed by atoms with Gasteiger partial charge in [0.2, 0.25) is 11.8 Å². The summed E-state index contributed by atoms with van der Waals surface area (Å²) in [6, 6.07) is 37.0. The summed E-state index contributed by atoms with van der Waals surface area (Å²) in [5.74, 6) is -1.90. The highest BCUT2D eigenvalue weighted by atomic mass is 16.6. The minimum absolute atomic E-state index is 0.0830. The van der Waals surface area contributed by atoms with E-state index in [1.807, 2.05) is 121 Å². The van der Waals surface area contributed by atoms with Gasteiger partial charge in [-0.3, -0.25) is 9.59 Å². The van der Waals surface area contributed by atoms with Crippen LogP contribution in [0.25, 0.3) is 0 Å². The lowest BCUT2D eigenvalue weighted by Crippen LogP contribution is -2.41. The largest absolute Gasteiger partial charge is 0.446 e. The summed E-state index contributed by atoms with van der Waals surface area (Å²) in [6.07, 6.45) is 0.0757. The number of carbonyl (C=O) groups is 4. The molecule has 234 valence electrons. The van der Waals surface area contributed by atoms with Crippen LogP contribution < -0.4 is 0 Å². The highest BCUT2D eigenvalue weighted by Gasteiger charge is 2.44. The normalized spacial score (nSPS) is 19.0. The Morgan fingerprint density at radius 2 is 0.870 bits per heavy atom. The molecule has 2 aliphatic rings. The Labute approximate surface area is 268 Å². The van der Waals surface area contributed by atoms with Gasteiger partial charge >= 0.3 is 12.2 Å². The van der Waals surface area contributed by atoms with Crippen molar-refractivity contribution in [3.05, 3.63) is 144 Å². The van der Waals surface area contributed by atoms with Crippen molar-refractivity contribution in [2.45, 2.75) is 37.8 Å². The minimum atomic E-state index is -0.667. The summed E-state index contributed by atoms with van der Waals surface area (Å²) in [4.78, 5) is 57.0. The van der Waals surface area contributed by atoms with E-state index in [0.717, 1.165) is 22.3 Å². The zero-order valence-electron chi connectivity index (χ0n) is 25.4. The van der Waals surface area contributed by atoms with Gasteiger partial charge in [0.25, 0.3) is 0 Å². The summed E-state index contributed by atoms with van der Waals surface area (Å²) in [5, 5.41) is 0. The molecule has 0 N–H and O–H groups in total. The van der Waals surface area contributed by atoms with Crippen molar-refractivity contribution in [1.82, 2.24) is 9.80 Å². The Bertz CT molecular complexity index is 1520. The van der Waals surface area contributed by atoms with Gasteiger partial charge in [-0.05, 0) is 47.9 Å². The number of benzene rings is 4. The summed E-state index contributed by atoms with van der Waals surface area (Å²) in [5.41, 5.74) is 3.53. The van der Waals surface area contributed by atoms with Crippen LogP contribution in [0.2, 0.25) is 0 Å². The van der Waals surface area contributed by atoms with Gasteiger partial charge in [-0.15, -0.1) is 0 Å². The average molecular weight is 617 g/mol. The van der Waals surface area contributed by atoms with Crippen LogP contribution in [0, 0.1) is 11.8 Å². The predicted molar refractivity (Wildman–Crippen MR) is 171 cm³/mol. The van der Waals surface area contributed by atoms with Crippen LogP contribution in [0.5, 0.6) is 0 Å². The summed E-state index contributed by atoms with van der Waals surface area (Å²) in [7, 11) is 0. The highest BCUT2D eigenvalue weighted by molar-refractivity contribution is 5.96. The van der Waals surface area contributed by atoms with Crippen LogP contribution in [-0.4, -0.2) is 47.0 Å². The van der Waals surface area contributed by atoms with Gasteiger partial charge in [-0.2, -0.15) is 0 Å². The topological polar surface area (TPSA) is 93.2 Å². The first-order valence-electron chi connectivity index (χ1n) is 15.7. The fraction of sp³-hybridized carbons (Fsp3) is 0.263. The van der Waals surface area contributed by atoms with Gasteiger partial charge in [0.15, 0.2) is 0 Å². The van der Waals surface area contributed by atoms with Crippen LogP contribution in [0.1, 0.15) is 47.2 Å². The number of imide groups is 2. The second-order valence-corrected chi connectivity index (χ2v) is 11.8. The molecular weight excluding hydrogens is 580 g/mol. The Balaban J connectivity index is 1.29. The van der Waals surface area contributed by atoms with Crippen LogP contribution in [0.4, 0.5) is 9.59 Å². The quantitative estimate of drug-likeness (QED) is 0.182. The Morgan fingerprint density at radius 3 is 1.22 bits per heavy atom. The van der Waals surface area contributed by atoms with E-state index in [0.29, 0.717) is 25.7 Å². The van der Waals surface area contributed by atoms with Crippen molar-refractivity contribution in [2.75, 3.05) is 13.2 Å². The number of carbonyl (C=O) groups excluding carboxylic acids is 4. The monoisotopic (exact) mass is 616 g/mol. The second kappa shape index (κ2) is 14.2. The molecule has 0 radical (unpaired) electrons. The van der Waals surface area contributed by atoms with Crippen molar-refractivity contribution >= 4 is 24.0 Å². The first-order chi connectivity index (χ1) is 22.5. The van der Waals surface area contributed by atoms with Gasteiger partial charge in [0.05, 0.1) is 0 Å². The van der Waals surface area contributed by atoms with E-state index in [1.165, 1.54) is 9.80 Å². The van der Waals surface area contributed by atoms with E-state index >= 15 is 0 Å². The molecule has 2 saturated heterocycles. The standard InChI is InChI=1S/C38H36N2O6/c41-35(39-33(25-45-37(39)43)29-17-9-3-10-18-29)31(23-27-13-5-1-6-14-27)21-22-32(24-28-15-7-2-8-16-28)36(42)40-34(26-46-38(40)44)30-19-11-4-12-20-30/h1-20,31-34H,21-26H2/t31-,32-,33-,34-/m1/s1. The molecule has 4 aromatic carbocycles. The number of amides is 4. The molecule has 4 amide bonds. The molecule has 2 heterocycles. The number of ether oxygens (including phenoxy) is 2. The minimum Gasteiger partial charge on any atom is -0.446 e. The van der Waals surface area contributed by atoms with E-state index in [1.54, 1.807) is 0 Å². The maximum atomic E-state index is 14.3. The van der Waals surface area contributed by atoms with Crippen molar-refractivity contribution < 1.29 is 28.7 Å². The Hall–Kier alpha value is -5.24. The van der Waals surface area contributed by atoms with Crippen molar-refractivity contribution in [3.63, 3.8) is 0 Å². The summed E-state index contributed by atoms with van der Waals surface area (Å²) < 4.78 is 10.8. The lowest BCUT2D eigenvalue weighted by molar-refractivity contribution is -0.136. The van der Waals surface area contributed by atoms with Gasteiger partial charge in [0.1, 0.15) is 25.3 Å². The van der Waals surface area contributed by atoms with Crippen LogP contribution in [-0.2, 0) is 31.9 Å². The molecule has 0 aromatic heterocycles. The smallest absolute Gasteiger partial charge is 0.417 e. The van der Waals surface area contributed by atoms with Crippen LogP contribution in [0.15, 0.2) is 121 Å². The zero-order valence-corrected chi connectivity index (χ0v) is 25.4. The molecular formula is C38H36N2O6. The molecule has 8 nitrogen and oxygen atoms in total. The zero-order chi connectivity index (χ0) is 31.9. The summed E-state index contributed by atoms with van der Waals surface area (Å²) >= 11 is 0. The Kier molecular flexibility index (Phi) is 9.53. The van der Waals surface area contributed by atoms with Crippen molar-refractivity contribution in [3.8, 4) is 0 Å². The molecule has 46 heavy (non-hydrogen) atoms. The van der Waals surface area contributed by atoms with E-state index < -0.39 is 36.1 Å². The molecule has 0 spiro atoms. The van der Waals surface area contributed by atoms with Crippen LogP contribution >= 0.6 is 0 Å². The molecule has 0 unspecified atom stereocenters. The molecule has 0 saturated carbocycles. The van der Waals surface area contributed by atoms with E-state index in [4.69, 9.17) is 9.47 Å². The summed E-state index contributed by atoms with van der Waals surface area (Å²) in [6.45, 7) is 0.166. The maximum absolute atomic E-state index is 14.3. The third-order valence-electron chi connectivity index (χ3n) is 8.80. The third-order valence-corrected chi connectivity index (χ3v) is 8.80. The maximum Gasteiger partial charge on any atom is 0.417 e. The molecule has 0 aliphatic carbocycles. The highest BCUT2D eigenvalue weighted by Crippen LogP contribution is 2.34. The lowest BCUT2D eigenvalue weighted by Gasteiger charge is -2.28. The number of hydrogen-bond acceptors (Lipinski definition) is 6. The fourth-order valence-electron chi connectivity index (χ4n) is 6.39. The van der Waals surface area contributed by atoms with Gasteiger partial charge in [0, 0.05) is 11.8 Å². The molecule has 8 heteroatoms. The molecule has 4 atom stereocenters. The number of cyclic esters (lactones) is 2. The number of nitrogens with zero attached hydrogens (tertiary/aromatic N) is 2. The van der Waals surface area contributed by atoms with E-state index in [9.17, 15) is 19.2 Å². The SMILES string of the molecule is O=C1OC[C@H](c2ccccc2)N1C(=O)[C@H](CC[C@H](Cc1ccccc1)C(=O)N1C(=O)OC[C@@H]1c1ccccc1)Cc1ccccc1. The fourth-order valence-corrected chi connectivity index (χ4v) is 6.39. The average Bonchev–Trinajstić information content (AvgIpc) is 3.69. The number of hydrogen-bond donors (Lipinski definition) is 0. The van der Waals surface area contributed by atoms with Gasteiger partial charge in [-0.1, -0.05) is 121 Å². The van der Waals surface area contributed by atoms with E-state index in [-0.39, 0.29) is 25.0 Å². The van der Waals surface area contributed by atoms with Crippen LogP contribution in [0.3, 0.4) is 0 Å². The predicted octanol–water partition coefficient (Wildman–Crippen LogP) is 6.92. The van der Waals surface area contributed by atoms with Gasteiger partial charge < -0.3 is 9.47 Å². The van der Waals surface area contributed by atoms with Crippen molar-refractivity contribution in [2.24, 2.45) is 11.8 Å². The van der Waals surface area contributed by atoms with Crippen molar-refractivity contribution in [1.29, 1.82) is 0 Å². The Morgan fingerprint density at radius 1 is 0.543 bits per heavy atom. The molecule has 4 aromatic rings. The second-order valence-electron chi connectivity index (χ2n) is 11.8. The molecule has 0 bridgehead atoms. The first-order valence-corrected chi connectivity index (χ1v) is 15.7. The van der Waals surface area contributed by atoms with E-state index in [2.05, 4.69) is 0 Å². The molecule has 6 rings (SSSR count). The first kappa shape index (κ1) is 30.8. The van der Waals surface area contributed by atoms with Gasteiger partial charge in [-0.25, -0.2) is 19.4 Å². The third kappa shape index (κ3) is 6.86. The molecule has 2 aliphatic heterocycles. The molecule has 2 fully saturated rings. The lowest BCUT2D eigenvalue weighted by atomic mass is 9.86.